The number of carbonyl (C=O) groups excluding carboxylic acids is 2. The smallest absolute Gasteiger partial charge is 0.264 e. The molecule has 27 heavy (non-hydrogen) atoms. The van der Waals surface area contributed by atoms with E-state index in [0.717, 1.165) is 24.2 Å². The summed E-state index contributed by atoms with van der Waals surface area (Å²) in [6, 6.07) is 14.7. The van der Waals surface area contributed by atoms with Gasteiger partial charge in [0.05, 0.1) is 18.8 Å². The Labute approximate surface area is 159 Å². The number of aliphatic hydroxyl groups is 1. The number of Topliss-reactive ketones (excluding diaryl/α,β-unsaturated/α-hetero) is 1. The molecule has 1 heterocycles. The zero-order chi connectivity index (χ0) is 19.4. The van der Waals surface area contributed by atoms with Gasteiger partial charge >= 0.3 is 0 Å². The summed E-state index contributed by atoms with van der Waals surface area (Å²) in [7, 11) is 0. The van der Waals surface area contributed by atoms with Gasteiger partial charge in [0.15, 0.2) is 5.60 Å². The number of unbranched alkanes of at least 4 members (excludes halogenated alkanes) is 1. The highest BCUT2D eigenvalue weighted by Crippen LogP contribution is 2.43. The fourth-order valence-corrected chi connectivity index (χ4v) is 3.47. The first kappa shape index (κ1) is 19.1. The first-order chi connectivity index (χ1) is 13.0. The second-order valence-electron chi connectivity index (χ2n) is 6.96. The summed E-state index contributed by atoms with van der Waals surface area (Å²) in [5.41, 5.74) is 0.175. The largest absolute Gasteiger partial charge is 0.493 e. The van der Waals surface area contributed by atoms with Crippen LogP contribution >= 0.6 is 0 Å². The molecule has 0 aromatic heterocycles. The Bertz CT molecular complexity index is 848. The summed E-state index contributed by atoms with van der Waals surface area (Å²) in [4.78, 5) is 26.3. The first-order valence-electron chi connectivity index (χ1n) is 9.31. The van der Waals surface area contributed by atoms with Crippen molar-refractivity contribution in [3.63, 3.8) is 0 Å². The summed E-state index contributed by atoms with van der Waals surface area (Å²) < 4.78 is 5.87. The topological polar surface area (TPSA) is 66.8 Å². The van der Waals surface area contributed by atoms with Crippen LogP contribution in [0.25, 0.3) is 0 Å². The Morgan fingerprint density at radius 1 is 1.15 bits per heavy atom. The van der Waals surface area contributed by atoms with Crippen LogP contribution in [-0.4, -0.2) is 23.4 Å². The van der Waals surface area contributed by atoms with Crippen molar-refractivity contribution in [2.75, 3.05) is 11.5 Å². The molecular weight excluding hydrogens is 342 g/mol. The number of carbonyl (C=O) groups is 2. The SMILES string of the molecule is CCCCOc1ccccc1CN1C(=O)C(O)(CC(C)=O)c2ccccc21. The van der Waals surface area contributed by atoms with E-state index in [9.17, 15) is 14.7 Å². The van der Waals surface area contributed by atoms with E-state index in [2.05, 4.69) is 6.92 Å². The van der Waals surface area contributed by atoms with Crippen LogP contribution < -0.4 is 9.64 Å². The fourth-order valence-electron chi connectivity index (χ4n) is 3.47. The molecule has 1 unspecified atom stereocenters. The maximum Gasteiger partial charge on any atom is 0.264 e. The molecule has 5 heteroatoms. The van der Waals surface area contributed by atoms with Crippen LogP contribution in [0.4, 0.5) is 5.69 Å². The predicted octanol–water partition coefficient (Wildman–Crippen LogP) is 3.58. The van der Waals surface area contributed by atoms with Gasteiger partial charge in [-0.3, -0.25) is 9.59 Å². The number of ketones is 1. The second kappa shape index (κ2) is 7.92. The van der Waals surface area contributed by atoms with Crippen LogP contribution in [0.2, 0.25) is 0 Å². The van der Waals surface area contributed by atoms with Crippen molar-refractivity contribution >= 4 is 17.4 Å². The van der Waals surface area contributed by atoms with Crippen LogP contribution in [0, 0.1) is 0 Å². The van der Waals surface area contributed by atoms with Crippen molar-refractivity contribution < 1.29 is 19.4 Å². The minimum Gasteiger partial charge on any atom is -0.493 e. The molecule has 142 valence electrons. The monoisotopic (exact) mass is 367 g/mol. The third-order valence-electron chi connectivity index (χ3n) is 4.80. The number of hydrogen-bond acceptors (Lipinski definition) is 4. The molecule has 0 saturated carbocycles. The number of nitrogens with zero attached hydrogens (tertiary/aromatic N) is 1. The number of ether oxygens (including phenoxy) is 1. The van der Waals surface area contributed by atoms with Crippen molar-refractivity contribution in [3.05, 3.63) is 59.7 Å². The Balaban J connectivity index is 1.92. The zero-order valence-electron chi connectivity index (χ0n) is 15.8. The van der Waals surface area contributed by atoms with Crippen molar-refractivity contribution in [2.45, 2.75) is 45.3 Å². The first-order valence-corrected chi connectivity index (χ1v) is 9.31. The molecule has 1 amide bonds. The van der Waals surface area contributed by atoms with Gasteiger partial charge in [0.1, 0.15) is 11.5 Å². The number of rotatable bonds is 8. The van der Waals surface area contributed by atoms with Crippen molar-refractivity contribution in [1.82, 2.24) is 0 Å². The highest BCUT2D eigenvalue weighted by molar-refractivity contribution is 6.08. The Morgan fingerprint density at radius 2 is 1.85 bits per heavy atom. The standard InChI is InChI=1S/C22H25NO4/c1-3-4-13-27-20-12-8-5-9-17(20)15-23-19-11-7-6-10-18(19)22(26,21(23)25)14-16(2)24/h5-12,26H,3-4,13-15H2,1-2H3. The maximum atomic E-state index is 13.1. The lowest BCUT2D eigenvalue weighted by molar-refractivity contribution is -0.141. The molecule has 0 bridgehead atoms. The molecule has 5 nitrogen and oxygen atoms in total. The lowest BCUT2D eigenvalue weighted by atomic mass is 9.90. The summed E-state index contributed by atoms with van der Waals surface area (Å²) in [6.45, 7) is 4.38. The van der Waals surface area contributed by atoms with Crippen LogP contribution in [0.5, 0.6) is 5.75 Å². The van der Waals surface area contributed by atoms with Gasteiger partial charge in [0.2, 0.25) is 0 Å². The van der Waals surface area contributed by atoms with E-state index < -0.39 is 11.5 Å². The van der Waals surface area contributed by atoms with Crippen LogP contribution in [0.15, 0.2) is 48.5 Å². The highest BCUT2D eigenvalue weighted by Gasteiger charge is 2.50. The minimum atomic E-state index is -1.81. The molecule has 1 aliphatic heterocycles. The average Bonchev–Trinajstić information content (AvgIpc) is 2.85. The fraction of sp³-hybridized carbons (Fsp3) is 0.364. The van der Waals surface area contributed by atoms with E-state index in [1.165, 1.54) is 6.92 Å². The number of anilines is 1. The quantitative estimate of drug-likeness (QED) is 0.724. The Morgan fingerprint density at radius 3 is 2.59 bits per heavy atom. The maximum absolute atomic E-state index is 13.1. The van der Waals surface area contributed by atoms with Gasteiger partial charge in [0, 0.05) is 17.5 Å². The molecule has 0 spiro atoms. The molecule has 0 radical (unpaired) electrons. The van der Waals surface area contributed by atoms with Crippen LogP contribution in [-0.2, 0) is 21.7 Å². The molecule has 0 aliphatic carbocycles. The van der Waals surface area contributed by atoms with Gasteiger partial charge < -0.3 is 14.7 Å². The second-order valence-corrected chi connectivity index (χ2v) is 6.96. The van der Waals surface area contributed by atoms with E-state index in [0.29, 0.717) is 17.9 Å². The van der Waals surface area contributed by atoms with Gasteiger partial charge in [-0.15, -0.1) is 0 Å². The highest BCUT2D eigenvalue weighted by atomic mass is 16.5. The average molecular weight is 367 g/mol. The van der Waals surface area contributed by atoms with Crippen LogP contribution in [0.1, 0.15) is 44.2 Å². The van der Waals surface area contributed by atoms with E-state index >= 15 is 0 Å². The van der Waals surface area contributed by atoms with Crippen molar-refractivity contribution in [1.29, 1.82) is 0 Å². The van der Waals surface area contributed by atoms with Crippen molar-refractivity contribution in [2.24, 2.45) is 0 Å². The Kier molecular flexibility index (Phi) is 5.61. The molecule has 1 N–H and O–H groups in total. The van der Waals surface area contributed by atoms with Gasteiger partial charge in [-0.05, 0) is 25.5 Å². The summed E-state index contributed by atoms with van der Waals surface area (Å²) >= 11 is 0. The summed E-state index contributed by atoms with van der Waals surface area (Å²) in [5.74, 6) is 0.0336. The molecular formula is C22H25NO4. The van der Waals surface area contributed by atoms with E-state index in [-0.39, 0.29) is 18.7 Å². The lowest BCUT2D eigenvalue weighted by Gasteiger charge is -2.23. The number of fused-ring (bicyclic) bond motifs is 1. The van der Waals surface area contributed by atoms with E-state index in [1.807, 2.05) is 30.3 Å². The van der Waals surface area contributed by atoms with Crippen LogP contribution in [0.3, 0.4) is 0 Å². The molecule has 2 aromatic rings. The number of hydrogen-bond donors (Lipinski definition) is 1. The molecule has 1 atom stereocenters. The summed E-state index contributed by atoms with van der Waals surface area (Å²) in [6.07, 6.45) is 1.77. The molecule has 0 fully saturated rings. The number of para-hydroxylation sites is 2. The Hall–Kier alpha value is -2.66. The number of amides is 1. The molecule has 3 rings (SSSR count). The molecule has 1 aliphatic rings. The third kappa shape index (κ3) is 3.74. The zero-order valence-corrected chi connectivity index (χ0v) is 15.8. The van der Waals surface area contributed by atoms with Gasteiger partial charge in [-0.1, -0.05) is 49.7 Å². The molecule has 2 aromatic carbocycles. The van der Waals surface area contributed by atoms with Gasteiger partial charge in [0.25, 0.3) is 5.91 Å². The van der Waals surface area contributed by atoms with Gasteiger partial charge in [-0.25, -0.2) is 0 Å². The third-order valence-corrected chi connectivity index (χ3v) is 4.80. The molecule has 0 saturated heterocycles. The minimum absolute atomic E-state index is 0.228. The van der Waals surface area contributed by atoms with E-state index in [4.69, 9.17) is 4.74 Å². The van der Waals surface area contributed by atoms with Gasteiger partial charge in [-0.2, -0.15) is 0 Å². The normalized spacial score (nSPS) is 18.5. The lowest BCUT2D eigenvalue weighted by Crippen LogP contribution is -2.41. The van der Waals surface area contributed by atoms with E-state index in [1.54, 1.807) is 23.1 Å². The predicted molar refractivity (Wildman–Crippen MR) is 104 cm³/mol. The summed E-state index contributed by atoms with van der Waals surface area (Å²) in [5, 5.41) is 11.0. The number of benzene rings is 2. The van der Waals surface area contributed by atoms with Crippen molar-refractivity contribution in [3.8, 4) is 5.75 Å².